The monoisotopic (exact) mass is 436 g/mol. The molecule has 0 aliphatic carbocycles. The summed E-state index contributed by atoms with van der Waals surface area (Å²) in [6, 6.07) is 13.5. The molecule has 1 amide bonds. The molecule has 0 saturated carbocycles. The fraction of sp³-hybridized carbons (Fsp3) is 0.217. The zero-order valence-corrected chi connectivity index (χ0v) is 18.5. The van der Waals surface area contributed by atoms with Crippen LogP contribution in [-0.4, -0.2) is 48.3 Å². The van der Waals surface area contributed by atoms with Crippen LogP contribution in [0.2, 0.25) is 0 Å². The second-order valence-electron chi connectivity index (χ2n) is 6.57. The van der Waals surface area contributed by atoms with E-state index in [0.29, 0.717) is 17.2 Å². The van der Waals surface area contributed by atoms with Crippen molar-refractivity contribution in [3.8, 4) is 22.8 Å². The van der Waals surface area contributed by atoms with E-state index in [-0.39, 0.29) is 5.69 Å². The summed E-state index contributed by atoms with van der Waals surface area (Å²) < 4.78 is 10.5. The van der Waals surface area contributed by atoms with Gasteiger partial charge in [-0.05, 0) is 36.1 Å². The van der Waals surface area contributed by atoms with Crippen LogP contribution >= 0.6 is 11.8 Å². The van der Waals surface area contributed by atoms with Crippen LogP contribution in [0.3, 0.4) is 0 Å². The molecule has 1 aromatic heterocycles. The third-order valence-electron chi connectivity index (χ3n) is 4.47. The topological polar surface area (TPSA) is 85.7 Å². The number of hydrogen-bond acceptors (Lipinski definition) is 7. The van der Waals surface area contributed by atoms with Gasteiger partial charge in [0.15, 0.2) is 0 Å². The van der Waals surface area contributed by atoms with Gasteiger partial charge in [0.05, 0.1) is 38.5 Å². The highest BCUT2D eigenvalue weighted by Crippen LogP contribution is 2.21. The van der Waals surface area contributed by atoms with Crippen LogP contribution in [0.25, 0.3) is 11.3 Å². The number of carbonyl (C=O) groups excluding carboxylic acids is 1. The van der Waals surface area contributed by atoms with E-state index in [4.69, 9.17) is 9.47 Å². The fourth-order valence-electron chi connectivity index (χ4n) is 2.80. The minimum atomic E-state index is -0.447. The molecule has 3 rings (SSSR count). The first kappa shape index (κ1) is 22.3. The maximum absolute atomic E-state index is 12.5. The second kappa shape index (κ2) is 11.1. The molecule has 0 fully saturated rings. The number of ether oxygens (including phenoxy) is 2. The summed E-state index contributed by atoms with van der Waals surface area (Å²) in [7, 11) is 3.14. The molecule has 0 bridgehead atoms. The number of hydrazone groups is 1. The van der Waals surface area contributed by atoms with E-state index in [9.17, 15) is 4.79 Å². The SMILES string of the molecule is COc1cc(/C=N/NC(=O)c2cncc(-c3ccc(CCSC)cc3)n2)cc(OC)c1. The Morgan fingerprint density at radius 2 is 1.81 bits per heavy atom. The van der Waals surface area contributed by atoms with Crippen molar-refractivity contribution in [2.45, 2.75) is 6.42 Å². The van der Waals surface area contributed by atoms with Gasteiger partial charge < -0.3 is 9.47 Å². The molecule has 0 aliphatic heterocycles. The molecule has 0 saturated heterocycles. The van der Waals surface area contributed by atoms with Gasteiger partial charge in [-0.15, -0.1) is 0 Å². The summed E-state index contributed by atoms with van der Waals surface area (Å²) in [6.07, 6.45) is 7.67. The van der Waals surface area contributed by atoms with Crippen LogP contribution in [0.4, 0.5) is 0 Å². The average molecular weight is 437 g/mol. The van der Waals surface area contributed by atoms with Gasteiger partial charge in [0, 0.05) is 17.2 Å². The predicted octanol–water partition coefficient (Wildman–Crippen LogP) is 3.83. The van der Waals surface area contributed by atoms with E-state index < -0.39 is 5.91 Å². The Balaban J connectivity index is 1.68. The summed E-state index contributed by atoms with van der Waals surface area (Å²) in [5.41, 5.74) is 6.18. The largest absolute Gasteiger partial charge is 0.497 e. The lowest BCUT2D eigenvalue weighted by Gasteiger charge is -2.06. The van der Waals surface area contributed by atoms with Crippen molar-refractivity contribution in [1.29, 1.82) is 0 Å². The van der Waals surface area contributed by atoms with Gasteiger partial charge in [0.2, 0.25) is 0 Å². The Morgan fingerprint density at radius 3 is 2.45 bits per heavy atom. The molecule has 7 nitrogen and oxygen atoms in total. The first-order valence-electron chi connectivity index (χ1n) is 9.59. The number of nitrogens with one attached hydrogen (secondary N) is 1. The standard InChI is InChI=1S/C23H24N4O3S/c1-29-19-10-17(11-20(12-19)30-2)13-25-27-23(28)22-15-24-14-21(26-22)18-6-4-16(5-7-18)8-9-31-3/h4-7,10-15H,8-9H2,1-3H3,(H,27,28)/b25-13+. The highest BCUT2D eigenvalue weighted by Gasteiger charge is 2.09. The molecule has 2 aromatic carbocycles. The summed E-state index contributed by atoms with van der Waals surface area (Å²) in [6.45, 7) is 0. The van der Waals surface area contributed by atoms with Gasteiger partial charge >= 0.3 is 0 Å². The van der Waals surface area contributed by atoms with Gasteiger partial charge in [-0.2, -0.15) is 16.9 Å². The fourth-order valence-corrected chi connectivity index (χ4v) is 3.24. The van der Waals surface area contributed by atoms with Crippen molar-refractivity contribution in [3.63, 3.8) is 0 Å². The Labute approximate surface area is 185 Å². The first-order chi connectivity index (χ1) is 15.1. The van der Waals surface area contributed by atoms with E-state index >= 15 is 0 Å². The molecular weight excluding hydrogens is 412 g/mol. The van der Waals surface area contributed by atoms with Crippen molar-refractivity contribution in [2.75, 3.05) is 26.2 Å². The second-order valence-corrected chi connectivity index (χ2v) is 7.56. The summed E-state index contributed by atoms with van der Waals surface area (Å²) >= 11 is 1.82. The van der Waals surface area contributed by atoms with Crippen molar-refractivity contribution in [1.82, 2.24) is 15.4 Å². The Kier molecular flexibility index (Phi) is 8.00. The molecule has 1 heterocycles. The molecule has 0 spiro atoms. The van der Waals surface area contributed by atoms with Crippen LogP contribution in [0.5, 0.6) is 11.5 Å². The molecular formula is C23H24N4O3S. The number of hydrogen-bond donors (Lipinski definition) is 1. The summed E-state index contributed by atoms with van der Waals surface area (Å²) in [5.74, 6) is 1.89. The normalized spacial score (nSPS) is 10.8. The molecule has 0 radical (unpaired) electrons. The van der Waals surface area contributed by atoms with Gasteiger partial charge in [0.25, 0.3) is 5.91 Å². The average Bonchev–Trinajstić information content (AvgIpc) is 2.82. The molecule has 160 valence electrons. The number of thioether (sulfide) groups is 1. The summed E-state index contributed by atoms with van der Waals surface area (Å²) in [5, 5.41) is 4.01. The lowest BCUT2D eigenvalue weighted by atomic mass is 10.1. The van der Waals surface area contributed by atoms with Crippen LogP contribution in [0.1, 0.15) is 21.6 Å². The van der Waals surface area contributed by atoms with Gasteiger partial charge in [-0.3, -0.25) is 9.78 Å². The maximum Gasteiger partial charge on any atom is 0.291 e. The predicted molar refractivity (Wildman–Crippen MR) is 124 cm³/mol. The zero-order chi connectivity index (χ0) is 22.1. The minimum Gasteiger partial charge on any atom is -0.497 e. The van der Waals surface area contributed by atoms with Gasteiger partial charge in [0.1, 0.15) is 17.2 Å². The number of benzene rings is 2. The van der Waals surface area contributed by atoms with Crippen molar-refractivity contribution in [3.05, 3.63) is 71.7 Å². The maximum atomic E-state index is 12.5. The van der Waals surface area contributed by atoms with E-state index in [1.807, 2.05) is 23.9 Å². The van der Waals surface area contributed by atoms with E-state index in [0.717, 1.165) is 23.3 Å². The Bertz CT molecular complexity index is 1030. The number of carbonyl (C=O) groups is 1. The highest BCUT2D eigenvalue weighted by atomic mass is 32.2. The molecule has 1 N–H and O–H groups in total. The van der Waals surface area contributed by atoms with Crippen molar-refractivity contribution in [2.24, 2.45) is 5.10 Å². The van der Waals surface area contributed by atoms with Gasteiger partial charge in [-0.1, -0.05) is 24.3 Å². The van der Waals surface area contributed by atoms with Crippen LogP contribution in [0, 0.1) is 0 Å². The highest BCUT2D eigenvalue weighted by molar-refractivity contribution is 7.98. The Hall–Kier alpha value is -3.39. The number of rotatable bonds is 9. The minimum absolute atomic E-state index is 0.185. The quantitative estimate of drug-likeness (QED) is 0.405. The molecule has 3 aromatic rings. The number of aromatic nitrogens is 2. The third kappa shape index (κ3) is 6.29. The van der Waals surface area contributed by atoms with Crippen molar-refractivity contribution < 1.29 is 14.3 Å². The van der Waals surface area contributed by atoms with Crippen LogP contribution in [0.15, 0.2) is 60.0 Å². The number of amides is 1. The molecule has 0 aliphatic rings. The molecule has 31 heavy (non-hydrogen) atoms. The van der Waals surface area contributed by atoms with E-state index in [1.165, 1.54) is 18.0 Å². The third-order valence-corrected chi connectivity index (χ3v) is 5.08. The van der Waals surface area contributed by atoms with Gasteiger partial charge in [-0.25, -0.2) is 10.4 Å². The first-order valence-corrected chi connectivity index (χ1v) is 11.0. The number of nitrogens with zero attached hydrogens (tertiary/aromatic N) is 3. The number of aryl methyl sites for hydroxylation is 1. The zero-order valence-electron chi connectivity index (χ0n) is 17.7. The lowest BCUT2D eigenvalue weighted by molar-refractivity contribution is 0.0950. The van der Waals surface area contributed by atoms with Crippen molar-refractivity contribution >= 4 is 23.9 Å². The smallest absolute Gasteiger partial charge is 0.291 e. The van der Waals surface area contributed by atoms with Crippen LogP contribution < -0.4 is 14.9 Å². The molecule has 8 heteroatoms. The lowest BCUT2D eigenvalue weighted by Crippen LogP contribution is -2.19. The van der Waals surface area contributed by atoms with E-state index in [2.05, 4.69) is 38.9 Å². The molecule has 0 unspecified atom stereocenters. The summed E-state index contributed by atoms with van der Waals surface area (Å²) in [4.78, 5) is 21.0. The van der Waals surface area contributed by atoms with E-state index in [1.54, 1.807) is 38.6 Å². The Morgan fingerprint density at radius 1 is 1.10 bits per heavy atom. The number of methoxy groups -OCH3 is 2. The van der Waals surface area contributed by atoms with Crippen LogP contribution in [-0.2, 0) is 6.42 Å². The molecule has 0 atom stereocenters.